The van der Waals surface area contributed by atoms with E-state index in [1.165, 1.54) is 0 Å². The first-order valence-electron chi connectivity index (χ1n) is 6.33. The third-order valence-corrected chi connectivity index (χ3v) is 3.31. The average molecular weight is 235 g/mol. The van der Waals surface area contributed by atoms with Gasteiger partial charge < -0.3 is 15.2 Å². The molecule has 1 heterocycles. The molecule has 3 heteroatoms. The zero-order valence-electron chi connectivity index (χ0n) is 10.3. The van der Waals surface area contributed by atoms with Crippen LogP contribution in [0, 0.1) is 0 Å². The van der Waals surface area contributed by atoms with E-state index >= 15 is 0 Å². The Kier molecular flexibility index (Phi) is 4.54. The van der Waals surface area contributed by atoms with Crippen LogP contribution >= 0.6 is 0 Å². The van der Waals surface area contributed by atoms with Gasteiger partial charge in [0, 0.05) is 12.6 Å². The van der Waals surface area contributed by atoms with Crippen LogP contribution in [0.1, 0.15) is 31.4 Å². The molecule has 0 spiro atoms. The zero-order valence-corrected chi connectivity index (χ0v) is 10.3. The minimum absolute atomic E-state index is 0.0338. The number of hydrogen-bond donors (Lipinski definition) is 2. The maximum Gasteiger partial charge on any atom is 0.0626 e. The normalized spacial score (nSPS) is 26.7. The lowest BCUT2D eigenvalue weighted by Gasteiger charge is -2.31. The van der Waals surface area contributed by atoms with E-state index in [9.17, 15) is 5.11 Å². The van der Waals surface area contributed by atoms with Crippen LogP contribution in [0.15, 0.2) is 30.3 Å². The Morgan fingerprint density at radius 1 is 1.41 bits per heavy atom. The summed E-state index contributed by atoms with van der Waals surface area (Å²) < 4.78 is 5.53. The number of hydrogen-bond acceptors (Lipinski definition) is 3. The van der Waals surface area contributed by atoms with Gasteiger partial charge in [0.1, 0.15) is 0 Å². The fourth-order valence-electron chi connectivity index (χ4n) is 2.37. The van der Waals surface area contributed by atoms with Gasteiger partial charge in [0.2, 0.25) is 0 Å². The van der Waals surface area contributed by atoms with Crippen molar-refractivity contribution >= 4 is 0 Å². The van der Waals surface area contributed by atoms with E-state index in [1.807, 2.05) is 18.2 Å². The summed E-state index contributed by atoms with van der Waals surface area (Å²) in [6.45, 7) is 3.05. The average Bonchev–Trinajstić information content (AvgIpc) is 2.37. The Balaban J connectivity index is 1.95. The number of benzene rings is 1. The van der Waals surface area contributed by atoms with Crippen LogP contribution in [-0.4, -0.2) is 30.5 Å². The maximum atomic E-state index is 9.48. The molecule has 1 saturated heterocycles. The highest BCUT2D eigenvalue weighted by Gasteiger charge is 2.22. The van der Waals surface area contributed by atoms with Crippen LogP contribution < -0.4 is 5.32 Å². The molecule has 94 valence electrons. The van der Waals surface area contributed by atoms with Crippen LogP contribution in [-0.2, 0) is 4.74 Å². The molecule has 3 nitrogen and oxygen atoms in total. The maximum absolute atomic E-state index is 9.48. The highest BCUT2D eigenvalue weighted by Crippen LogP contribution is 2.18. The van der Waals surface area contributed by atoms with Gasteiger partial charge in [-0.15, -0.1) is 0 Å². The molecule has 1 aliphatic rings. The molecule has 0 amide bonds. The van der Waals surface area contributed by atoms with E-state index < -0.39 is 0 Å². The molecule has 0 saturated carbocycles. The highest BCUT2D eigenvalue weighted by molar-refractivity contribution is 5.19. The Morgan fingerprint density at radius 2 is 2.18 bits per heavy atom. The fourth-order valence-corrected chi connectivity index (χ4v) is 2.37. The van der Waals surface area contributed by atoms with Crippen molar-refractivity contribution < 1.29 is 9.84 Å². The molecular weight excluding hydrogens is 214 g/mol. The van der Waals surface area contributed by atoms with Gasteiger partial charge in [-0.05, 0) is 25.3 Å². The SMILES string of the molecule is CC1CC(NC(CO)c2ccccc2)CCO1. The molecule has 1 aromatic carbocycles. The molecule has 3 atom stereocenters. The van der Waals surface area contributed by atoms with Crippen molar-refractivity contribution in [3.05, 3.63) is 35.9 Å². The fraction of sp³-hybridized carbons (Fsp3) is 0.571. The first-order chi connectivity index (χ1) is 8.29. The smallest absolute Gasteiger partial charge is 0.0626 e. The van der Waals surface area contributed by atoms with Crippen molar-refractivity contribution in [2.24, 2.45) is 0 Å². The number of aliphatic hydroxyl groups excluding tert-OH is 1. The minimum atomic E-state index is 0.0338. The standard InChI is InChI=1S/C14H21NO2/c1-11-9-13(7-8-17-11)15-14(10-16)12-5-3-2-4-6-12/h2-6,11,13-16H,7-10H2,1H3. The summed E-state index contributed by atoms with van der Waals surface area (Å²) in [7, 11) is 0. The van der Waals surface area contributed by atoms with E-state index in [-0.39, 0.29) is 12.6 Å². The van der Waals surface area contributed by atoms with Crippen LogP contribution in [0.4, 0.5) is 0 Å². The van der Waals surface area contributed by atoms with Gasteiger partial charge in [0.05, 0.1) is 18.8 Å². The van der Waals surface area contributed by atoms with E-state index in [1.54, 1.807) is 0 Å². The van der Waals surface area contributed by atoms with Crippen LogP contribution in [0.25, 0.3) is 0 Å². The van der Waals surface area contributed by atoms with E-state index in [0.29, 0.717) is 12.1 Å². The lowest BCUT2D eigenvalue weighted by Crippen LogP contribution is -2.41. The Bertz CT molecular complexity index is 328. The molecule has 1 aromatic rings. The second-order valence-electron chi connectivity index (χ2n) is 4.72. The van der Waals surface area contributed by atoms with Gasteiger partial charge in [-0.3, -0.25) is 0 Å². The van der Waals surface area contributed by atoms with Gasteiger partial charge >= 0.3 is 0 Å². The molecule has 0 bridgehead atoms. The molecule has 0 aromatic heterocycles. The van der Waals surface area contributed by atoms with Crippen LogP contribution in [0.5, 0.6) is 0 Å². The predicted molar refractivity (Wildman–Crippen MR) is 67.8 cm³/mol. The Hall–Kier alpha value is -0.900. The van der Waals surface area contributed by atoms with Crippen molar-refractivity contribution in [2.75, 3.05) is 13.2 Å². The molecular formula is C14H21NO2. The summed E-state index contributed by atoms with van der Waals surface area (Å²) in [5.74, 6) is 0. The summed E-state index contributed by atoms with van der Waals surface area (Å²) in [5, 5.41) is 13.0. The Morgan fingerprint density at radius 3 is 2.82 bits per heavy atom. The molecule has 0 aliphatic carbocycles. The van der Waals surface area contributed by atoms with E-state index in [2.05, 4.69) is 24.4 Å². The lowest BCUT2D eigenvalue weighted by molar-refractivity contribution is 0.00960. The topological polar surface area (TPSA) is 41.5 Å². The van der Waals surface area contributed by atoms with E-state index in [4.69, 9.17) is 4.74 Å². The summed E-state index contributed by atoms with van der Waals surface area (Å²) in [6.07, 6.45) is 2.35. The van der Waals surface area contributed by atoms with Crippen LogP contribution in [0.2, 0.25) is 0 Å². The highest BCUT2D eigenvalue weighted by atomic mass is 16.5. The second-order valence-corrected chi connectivity index (χ2v) is 4.72. The number of rotatable bonds is 4. The quantitative estimate of drug-likeness (QED) is 0.837. The zero-order chi connectivity index (χ0) is 12.1. The second kappa shape index (κ2) is 6.15. The van der Waals surface area contributed by atoms with Gasteiger partial charge in [0.25, 0.3) is 0 Å². The van der Waals surface area contributed by atoms with Crippen molar-refractivity contribution in [1.82, 2.24) is 5.32 Å². The van der Waals surface area contributed by atoms with Gasteiger partial charge in [-0.1, -0.05) is 30.3 Å². The third-order valence-electron chi connectivity index (χ3n) is 3.31. The van der Waals surface area contributed by atoms with Crippen molar-refractivity contribution in [2.45, 2.75) is 38.0 Å². The molecule has 1 fully saturated rings. The summed E-state index contributed by atoms with van der Waals surface area (Å²) >= 11 is 0. The van der Waals surface area contributed by atoms with Crippen molar-refractivity contribution in [3.8, 4) is 0 Å². The molecule has 2 N–H and O–H groups in total. The van der Waals surface area contributed by atoms with Crippen molar-refractivity contribution in [1.29, 1.82) is 0 Å². The predicted octanol–water partition coefficient (Wildman–Crippen LogP) is 1.88. The molecule has 3 unspecified atom stereocenters. The van der Waals surface area contributed by atoms with Crippen molar-refractivity contribution in [3.63, 3.8) is 0 Å². The molecule has 1 aliphatic heterocycles. The van der Waals surface area contributed by atoms with Gasteiger partial charge in [-0.2, -0.15) is 0 Å². The number of aliphatic hydroxyl groups is 1. The number of ether oxygens (including phenoxy) is 1. The van der Waals surface area contributed by atoms with Gasteiger partial charge in [-0.25, -0.2) is 0 Å². The van der Waals surface area contributed by atoms with Gasteiger partial charge in [0.15, 0.2) is 0 Å². The largest absolute Gasteiger partial charge is 0.394 e. The monoisotopic (exact) mass is 235 g/mol. The number of nitrogens with one attached hydrogen (secondary N) is 1. The summed E-state index contributed by atoms with van der Waals surface area (Å²) in [6, 6.07) is 10.6. The molecule has 0 radical (unpaired) electrons. The summed E-state index contributed by atoms with van der Waals surface area (Å²) in [4.78, 5) is 0. The summed E-state index contributed by atoms with van der Waals surface area (Å²) in [5.41, 5.74) is 1.15. The Labute approximate surface area is 103 Å². The van der Waals surface area contributed by atoms with Crippen LogP contribution in [0.3, 0.4) is 0 Å². The minimum Gasteiger partial charge on any atom is -0.394 e. The molecule has 17 heavy (non-hydrogen) atoms. The lowest BCUT2D eigenvalue weighted by atomic mass is 10.0. The first kappa shape index (κ1) is 12.6. The first-order valence-corrected chi connectivity index (χ1v) is 6.33. The van der Waals surface area contributed by atoms with E-state index in [0.717, 1.165) is 25.0 Å². The molecule has 2 rings (SSSR count). The third kappa shape index (κ3) is 3.53.